The molecule has 0 aliphatic carbocycles. The first-order chi connectivity index (χ1) is 23.8. The van der Waals surface area contributed by atoms with Crippen molar-refractivity contribution in [3.8, 4) is 39.5 Å². The van der Waals surface area contributed by atoms with Crippen LogP contribution in [0.3, 0.4) is 0 Å². The Morgan fingerprint density at radius 2 is 1.02 bits per heavy atom. The second kappa shape index (κ2) is 10.5. The van der Waals surface area contributed by atoms with E-state index in [1.165, 1.54) is 21.8 Å². The van der Waals surface area contributed by atoms with Gasteiger partial charge in [-0.1, -0.05) is 97.1 Å². The lowest BCUT2D eigenvalue weighted by Gasteiger charge is -2.12. The third-order valence-corrected chi connectivity index (χ3v) is 9.40. The van der Waals surface area contributed by atoms with Gasteiger partial charge in [0.25, 0.3) is 0 Å². The van der Waals surface area contributed by atoms with E-state index in [-0.39, 0.29) is 0 Å². The van der Waals surface area contributed by atoms with E-state index in [0.29, 0.717) is 5.82 Å². The van der Waals surface area contributed by atoms with Gasteiger partial charge in [-0.2, -0.15) is 0 Å². The molecule has 0 unspecified atom stereocenters. The van der Waals surface area contributed by atoms with Crippen molar-refractivity contribution in [3.63, 3.8) is 0 Å². The maximum Gasteiger partial charge on any atom is 0.160 e. The normalized spacial score (nSPS) is 11.8. The molecule has 0 radical (unpaired) electrons. The number of aromatic nitrogens is 3. The molecule has 4 heteroatoms. The lowest BCUT2D eigenvalue weighted by atomic mass is 9.98. The Balaban J connectivity index is 1.15. The molecule has 7 aromatic carbocycles. The number of hydrogen-bond donors (Lipinski definition) is 0. The molecule has 0 atom stereocenters. The highest BCUT2D eigenvalue weighted by Gasteiger charge is 2.17. The number of para-hydroxylation sites is 3. The summed E-state index contributed by atoms with van der Waals surface area (Å²) in [6, 6.07) is 57.3. The van der Waals surface area contributed by atoms with Crippen molar-refractivity contribution in [1.82, 2.24) is 14.5 Å². The fraction of sp³-hybridized carbons (Fsp3) is 0. The molecule has 10 rings (SSSR count). The van der Waals surface area contributed by atoms with Crippen LogP contribution in [0.1, 0.15) is 0 Å². The number of benzene rings is 7. The Labute approximate surface area is 276 Å². The summed E-state index contributed by atoms with van der Waals surface area (Å²) in [5, 5.41) is 5.63. The van der Waals surface area contributed by atoms with Gasteiger partial charge in [0.05, 0.1) is 22.2 Å². The van der Waals surface area contributed by atoms with E-state index in [2.05, 4.69) is 138 Å². The summed E-state index contributed by atoms with van der Waals surface area (Å²) in [7, 11) is 0. The van der Waals surface area contributed by atoms with Gasteiger partial charge in [-0.15, -0.1) is 0 Å². The lowest BCUT2D eigenvalue weighted by molar-refractivity contribution is 0.669. The van der Waals surface area contributed by atoms with Crippen LogP contribution in [0.25, 0.3) is 94.1 Å². The van der Waals surface area contributed by atoms with Gasteiger partial charge < -0.3 is 8.98 Å². The predicted molar refractivity (Wildman–Crippen MR) is 197 cm³/mol. The van der Waals surface area contributed by atoms with Crippen LogP contribution in [0.4, 0.5) is 0 Å². The molecule has 10 aromatic rings. The first kappa shape index (κ1) is 26.7. The molecule has 0 bridgehead atoms. The molecular formula is C44H27N3O. The number of nitrogens with zero attached hydrogens (tertiary/aromatic N) is 3. The smallest absolute Gasteiger partial charge is 0.160 e. The van der Waals surface area contributed by atoms with Gasteiger partial charge in [-0.3, -0.25) is 0 Å². The van der Waals surface area contributed by atoms with Crippen molar-refractivity contribution in [1.29, 1.82) is 0 Å². The zero-order valence-electron chi connectivity index (χ0n) is 25.8. The Morgan fingerprint density at radius 3 is 1.88 bits per heavy atom. The number of fused-ring (bicyclic) bond motifs is 7. The highest BCUT2D eigenvalue weighted by Crippen LogP contribution is 2.38. The summed E-state index contributed by atoms with van der Waals surface area (Å²) in [5.74, 6) is 0.691. The van der Waals surface area contributed by atoms with Crippen molar-refractivity contribution in [2.75, 3.05) is 0 Å². The molecule has 4 nitrogen and oxygen atoms in total. The van der Waals surface area contributed by atoms with E-state index >= 15 is 0 Å². The fourth-order valence-electron chi connectivity index (χ4n) is 7.13. The van der Waals surface area contributed by atoms with Gasteiger partial charge in [-0.05, 0) is 77.9 Å². The summed E-state index contributed by atoms with van der Waals surface area (Å²) in [5.41, 5.74) is 11.4. The molecule has 224 valence electrons. The second-order valence-corrected chi connectivity index (χ2v) is 12.2. The van der Waals surface area contributed by atoms with Crippen LogP contribution in [0.5, 0.6) is 0 Å². The van der Waals surface area contributed by atoms with E-state index in [1.807, 2.05) is 30.3 Å². The molecule has 48 heavy (non-hydrogen) atoms. The lowest BCUT2D eigenvalue weighted by Crippen LogP contribution is -1.96. The van der Waals surface area contributed by atoms with Crippen molar-refractivity contribution in [3.05, 3.63) is 164 Å². The molecule has 0 aliphatic heterocycles. The van der Waals surface area contributed by atoms with E-state index in [0.717, 1.165) is 66.5 Å². The standard InChI is InChI=1S/C44H27N3O/c1-3-11-28(12-4-1)43-37-26-29(30-20-23-40-35(25-30)33-15-7-9-17-39(33)47(40)32-13-5-2-6-14-32)19-22-38(37)45-44(46-43)31-21-24-42-36(27-31)34-16-8-10-18-41(34)48-42/h1-27H. The average Bonchev–Trinajstić information content (AvgIpc) is 3.70. The summed E-state index contributed by atoms with van der Waals surface area (Å²) in [6.45, 7) is 0. The van der Waals surface area contributed by atoms with Crippen LogP contribution < -0.4 is 0 Å². The Morgan fingerprint density at radius 1 is 0.396 bits per heavy atom. The van der Waals surface area contributed by atoms with E-state index in [9.17, 15) is 0 Å². The fourth-order valence-corrected chi connectivity index (χ4v) is 7.13. The molecular weight excluding hydrogens is 587 g/mol. The minimum Gasteiger partial charge on any atom is -0.456 e. The van der Waals surface area contributed by atoms with E-state index < -0.39 is 0 Å². The molecule has 0 saturated carbocycles. The highest BCUT2D eigenvalue weighted by molar-refractivity contribution is 6.11. The monoisotopic (exact) mass is 613 g/mol. The van der Waals surface area contributed by atoms with Crippen LogP contribution in [0, 0.1) is 0 Å². The van der Waals surface area contributed by atoms with Crippen LogP contribution in [0.2, 0.25) is 0 Å². The van der Waals surface area contributed by atoms with Gasteiger partial charge >= 0.3 is 0 Å². The summed E-state index contributed by atoms with van der Waals surface area (Å²) in [4.78, 5) is 10.4. The van der Waals surface area contributed by atoms with Crippen molar-refractivity contribution < 1.29 is 4.42 Å². The minimum absolute atomic E-state index is 0.691. The zero-order valence-corrected chi connectivity index (χ0v) is 25.8. The highest BCUT2D eigenvalue weighted by atomic mass is 16.3. The largest absolute Gasteiger partial charge is 0.456 e. The van der Waals surface area contributed by atoms with Crippen LogP contribution in [0.15, 0.2) is 168 Å². The van der Waals surface area contributed by atoms with Gasteiger partial charge in [0, 0.05) is 43.7 Å². The van der Waals surface area contributed by atoms with Gasteiger partial charge in [-0.25, -0.2) is 9.97 Å². The van der Waals surface area contributed by atoms with Crippen LogP contribution >= 0.6 is 0 Å². The van der Waals surface area contributed by atoms with Crippen molar-refractivity contribution >= 4 is 54.6 Å². The Bertz CT molecular complexity index is 2830. The van der Waals surface area contributed by atoms with Gasteiger partial charge in [0.2, 0.25) is 0 Å². The number of hydrogen-bond acceptors (Lipinski definition) is 3. The summed E-state index contributed by atoms with van der Waals surface area (Å²) >= 11 is 0. The molecule has 3 aromatic heterocycles. The summed E-state index contributed by atoms with van der Waals surface area (Å²) < 4.78 is 8.44. The molecule has 0 spiro atoms. The van der Waals surface area contributed by atoms with Crippen LogP contribution in [-0.2, 0) is 0 Å². The van der Waals surface area contributed by atoms with Crippen molar-refractivity contribution in [2.24, 2.45) is 0 Å². The molecule has 0 saturated heterocycles. The third-order valence-electron chi connectivity index (χ3n) is 9.40. The number of furan rings is 1. The first-order valence-corrected chi connectivity index (χ1v) is 16.2. The summed E-state index contributed by atoms with van der Waals surface area (Å²) in [6.07, 6.45) is 0. The van der Waals surface area contributed by atoms with Gasteiger partial charge in [0.15, 0.2) is 5.82 Å². The van der Waals surface area contributed by atoms with E-state index in [4.69, 9.17) is 14.4 Å². The maximum atomic E-state index is 6.09. The van der Waals surface area contributed by atoms with Gasteiger partial charge in [0.1, 0.15) is 11.2 Å². The first-order valence-electron chi connectivity index (χ1n) is 16.2. The quantitative estimate of drug-likeness (QED) is 0.198. The third kappa shape index (κ3) is 4.16. The maximum absolute atomic E-state index is 6.09. The molecule has 0 fully saturated rings. The molecule has 0 amide bonds. The van der Waals surface area contributed by atoms with Crippen molar-refractivity contribution in [2.45, 2.75) is 0 Å². The Hall–Kier alpha value is -6.52. The average molecular weight is 614 g/mol. The second-order valence-electron chi connectivity index (χ2n) is 12.2. The minimum atomic E-state index is 0.691. The van der Waals surface area contributed by atoms with Crippen LogP contribution in [-0.4, -0.2) is 14.5 Å². The molecule has 0 aliphatic rings. The zero-order chi connectivity index (χ0) is 31.6. The SMILES string of the molecule is c1ccc(-c2nc(-c3ccc4oc5ccccc5c4c3)nc3ccc(-c4ccc5c(c4)c4ccccc4n5-c4ccccc4)cc23)cc1. The number of rotatable bonds is 4. The Kier molecular flexibility index (Phi) is 5.84. The molecule has 3 heterocycles. The predicted octanol–water partition coefficient (Wildman–Crippen LogP) is 11.6. The molecule has 0 N–H and O–H groups in total. The van der Waals surface area contributed by atoms with E-state index in [1.54, 1.807) is 0 Å². The topological polar surface area (TPSA) is 43.9 Å².